The number of nitrogens with zero attached hydrogens (tertiary/aromatic N) is 2. The lowest BCUT2D eigenvalue weighted by atomic mass is 10.1. The number of hydrogen-bond acceptors (Lipinski definition) is 3. The van der Waals surface area contributed by atoms with Gasteiger partial charge in [-0.05, 0) is 13.0 Å². The zero-order chi connectivity index (χ0) is 16.3. The van der Waals surface area contributed by atoms with Crippen LogP contribution in [0.5, 0.6) is 0 Å². The van der Waals surface area contributed by atoms with E-state index in [2.05, 4.69) is 0 Å². The van der Waals surface area contributed by atoms with Gasteiger partial charge < -0.3 is 10.0 Å². The molecule has 1 amide bonds. The molecule has 1 aliphatic heterocycles. The maximum Gasteiger partial charge on any atom is 0.409 e. The Labute approximate surface area is 117 Å². The largest absolute Gasteiger partial charge is 0.409 e. The van der Waals surface area contributed by atoms with Crippen molar-refractivity contribution in [3.8, 4) is 0 Å². The molecule has 1 saturated heterocycles. The molecular weight excluding hydrogens is 306 g/mol. The van der Waals surface area contributed by atoms with Gasteiger partial charge in [-0.15, -0.1) is 0 Å². The Bertz CT molecular complexity index is 344. The van der Waals surface area contributed by atoms with Crippen LogP contribution in [0.2, 0.25) is 0 Å². The van der Waals surface area contributed by atoms with Crippen LogP contribution in [-0.2, 0) is 4.79 Å². The van der Waals surface area contributed by atoms with Gasteiger partial charge in [0.2, 0.25) is 11.8 Å². The summed E-state index contributed by atoms with van der Waals surface area (Å²) in [6.45, 7) is 0.262. The Morgan fingerprint density at radius 3 is 2.05 bits per heavy atom. The lowest BCUT2D eigenvalue weighted by Gasteiger charge is -2.28. The number of rotatable bonds is 3. The zero-order valence-corrected chi connectivity index (χ0v) is 11.0. The average molecular weight is 322 g/mol. The SMILES string of the molecule is O=C(C(C(F)(F)F)C(F)(F)F)N1CCCN(CCO)CC1. The number of carbonyl (C=O) groups excluding carboxylic acids is 1. The van der Waals surface area contributed by atoms with Crippen LogP contribution in [-0.4, -0.2) is 72.5 Å². The molecule has 1 rings (SSSR count). The van der Waals surface area contributed by atoms with Crippen molar-refractivity contribution in [2.45, 2.75) is 18.8 Å². The highest BCUT2D eigenvalue weighted by molar-refractivity contribution is 5.80. The summed E-state index contributed by atoms with van der Waals surface area (Å²) in [5.74, 6) is -5.93. The fraction of sp³-hybridized carbons (Fsp3) is 0.909. The molecule has 21 heavy (non-hydrogen) atoms. The quantitative estimate of drug-likeness (QED) is 0.796. The van der Waals surface area contributed by atoms with Gasteiger partial charge in [0.15, 0.2) is 0 Å². The Hall–Kier alpha value is -1.03. The first kappa shape index (κ1) is 18.0. The van der Waals surface area contributed by atoms with Gasteiger partial charge in [0.1, 0.15) is 0 Å². The van der Waals surface area contributed by atoms with E-state index in [1.54, 1.807) is 4.90 Å². The fourth-order valence-corrected chi connectivity index (χ4v) is 2.20. The molecule has 0 aromatic rings. The van der Waals surface area contributed by atoms with Crippen LogP contribution in [0.15, 0.2) is 0 Å². The number of β-amino-alcohol motifs (C(OH)–C–C–N with tert-alkyl or cyclic N) is 1. The number of amides is 1. The Morgan fingerprint density at radius 2 is 1.57 bits per heavy atom. The molecule has 0 unspecified atom stereocenters. The zero-order valence-electron chi connectivity index (χ0n) is 11.0. The van der Waals surface area contributed by atoms with Gasteiger partial charge in [0, 0.05) is 26.2 Å². The van der Waals surface area contributed by atoms with E-state index in [1.807, 2.05) is 0 Å². The Morgan fingerprint density at radius 1 is 1.00 bits per heavy atom. The van der Waals surface area contributed by atoms with E-state index in [0.29, 0.717) is 11.4 Å². The molecular formula is C11H16F6N2O2. The maximum atomic E-state index is 12.5. The summed E-state index contributed by atoms with van der Waals surface area (Å²) in [4.78, 5) is 13.9. The van der Waals surface area contributed by atoms with E-state index >= 15 is 0 Å². The van der Waals surface area contributed by atoms with Crippen molar-refractivity contribution in [3.05, 3.63) is 0 Å². The van der Waals surface area contributed by atoms with Gasteiger partial charge in [-0.2, -0.15) is 26.3 Å². The van der Waals surface area contributed by atoms with E-state index in [4.69, 9.17) is 5.11 Å². The van der Waals surface area contributed by atoms with E-state index < -0.39 is 24.2 Å². The lowest BCUT2D eigenvalue weighted by Crippen LogP contribution is -2.50. The van der Waals surface area contributed by atoms with Crippen LogP contribution in [0.4, 0.5) is 26.3 Å². The maximum absolute atomic E-state index is 12.5. The van der Waals surface area contributed by atoms with Crippen molar-refractivity contribution in [1.82, 2.24) is 9.80 Å². The van der Waals surface area contributed by atoms with Crippen molar-refractivity contribution < 1.29 is 36.2 Å². The van der Waals surface area contributed by atoms with E-state index in [-0.39, 0.29) is 39.2 Å². The van der Waals surface area contributed by atoms with Crippen LogP contribution >= 0.6 is 0 Å². The third-order valence-electron chi connectivity index (χ3n) is 3.22. The summed E-state index contributed by atoms with van der Waals surface area (Å²) in [6, 6.07) is 0. The van der Waals surface area contributed by atoms with Crippen LogP contribution < -0.4 is 0 Å². The third kappa shape index (κ3) is 5.03. The molecule has 1 aliphatic rings. The first-order valence-electron chi connectivity index (χ1n) is 6.33. The molecule has 4 nitrogen and oxygen atoms in total. The van der Waals surface area contributed by atoms with Crippen molar-refractivity contribution in [3.63, 3.8) is 0 Å². The van der Waals surface area contributed by atoms with Crippen LogP contribution in [0.25, 0.3) is 0 Å². The molecule has 0 saturated carbocycles. The van der Waals surface area contributed by atoms with Crippen molar-refractivity contribution >= 4 is 5.91 Å². The van der Waals surface area contributed by atoms with Crippen molar-refractivity contribution in [2.24, 2.45) is 5.92 Å². The smallest absolute Gasteiger partial charge is 0.395 e. The first-order valence-corrected chi connectivity index (χ1v) is 6.33. The molecule has 0 bridgehead atoms. The molecule has 1 heterocycles. The van der Waals surface area contributed by atoms with Crippen LogP contribution in [0.3, 0.4) is 0 Å². The molecule has 1 fully saturated rings. The molecule has 0 aromatic heterocycles. The van der Waals surface area contributed by atoms with E-state index in [9.17, 15) is 31.1 Å². The van der Waals surface area contributed by atoms with Crippen LogP contribution in [0.1, 0.15) is 6.42 Å². The van der Waals surface area contributed by atoms with Gasteiger partial charge in [0.05, 0.1) is 6.61 Å². The predicted molar refractivity (Wildman–Crippen MR) is 60.3 cm³/mol. The highest BCUT2D eigenvalue weighted by Crippen LogP contribution is 2.40. The summed E-state index contributed by atoms with van der Waals surface area (Å²) in [7, 11) is 0. The lowest BCUT2D eigenvalue weighted by molar-refractivity contribution is -0.277. The first-order chi connectivity index (χ1) is 9.57. The summed E-state index contributed by atoms with van der Waals surface area (Å²) < 4.78 is 75.1. The topological polar surface area (TPSA) is 43.8 Å². The second-order valence-electron chi connectivity index (χ2n) is 4.76. The number of halogens is 6. The van der Waals surface area contributed by atoms with Crippen molar-refractivity contribution in [1.29, 1.82) is 0 Å². The fourth-order valence-electron chi connectivity index (χ4n) is 2.20. The van der Waals surface area contributed by atoms with E-state index in [0.717, 1.165) is 0 Å². The predicted octanol–water partition coefficient (Wildman–Crippen LogP) is 1.25. The highest BCUT2D eigenvalue weighted by atomic mass is 19.4. The second-order valence-corrected chi connectivity index (χ2v) is 4.76. The average Bonchev–Trinajstić information content (AvgIpc) is 2.51. The number of aliphatic hydroxyl groups excluding tert-OH is 1. The summed E-state index contributed by atoms with van der Waals surface area (Å²) >= 11 is 0. The minimum absolute atomic E-state index is 0.134. The number of hydrogen-bond donors (Lipinski definition) is 1. The standard InChI is InChI=1S/C11H16F6N2O2/c12-10(13,14)8(11(15,16)17)9(21)19-3-1-2-18(4-5-19)6-7-20/h8,20H,1-7H2. The summed E-state index contributed by atoms with van der Waals surface area (Å²) in [5, 5.41) is 8.77. The molecule has 1 N–H and O–H groups in total. The van der Waals surface area contributed by atoms with Gasteiger partial charge in [-0.25, -0.2) is 0 Å². The Balaban J connectivity index is 2.81. The molecule has 0 radical (unpaired) electrons. The molecule has 10 heteroatoms. The summed E-state index contributed by atoms with van der Waals surface area (Å²) in [5.41, 5.74) is 0. The monoisotopic (exact) mass is 322 g/mol. The molecule has 0 aliphatic carbocycles. The minimum atomic E-state index is -5.66. The molecule has 0 aromatic carbocycles. The van der Waals surface area contributed by atoms with Crippen molar-refractivity contribution in [2.75, 3.05) is 39.3 Å². The normalized spacial score (nSPS) is 19.0. The van der Waals surface area contributed by atoms with Gasteiger partial charge in [-0.1, -0.05) is 0 Å². The molecule has 124 valence electrons. The molecule has 0 atom stereocenters. The van der Waals surface area contributed by atoms with Gasteiger partial charge >= 0.3 is 12.4 Å². The molecule has 0 spiro atoms. The number of alkyl halides is 6. The number of aliphatic hydroxyl groups is 1. The third-order valence-corrected chi connectivity index (χ3v) is 3.22. The van der Waals surface area contributed by atoms with Gasteiger partial charge in [-0.3, -0.25) is 9.69 Å². The van der Waals surface area contributed by atoms with Gasteiger partial charge in [0.25, 0.3) is 0 Å². The van der Waals surface area contributed by atoms with Crippen LogP contribution in [0, 0.1) is 5.92 Å². The highest BCUT2D eigenvalue weighted by Gasteiger charge is 2.62. The summed E-state index contributed by atoms with van der Waals surface area (Å²) in [6.07, 6.45) is -11.1. The second kappa shape index (κ2) is 6.82. The Kier molecular flexibility index (Phi) is 5.85. The minimum Gasteiger partial charge on any atom is -0.395 e. The number of carbonyl (C=O) groups is 1. The van der Waals surface area contributed by atoms with E-state index in [1.165, 1.54) is 0 Å².